The summed E-state index contributed by atoms with van der Waals surface area (Å²) in [5.41, 5.74) is 0. The van der Waals surface area contributed by atoms with Crippen molar-refractivity contribution in [3.63, 3.8) is 0 Å². The lowest BCUT2D eigenvalue weighted by molar-refractivity contribution is -0.138. The summed E-state index contributed by atoms with van der Waals surface area (Å²) in [7, 11) is -4.28. The maximum atomic E-state index is 12.8. The molecule has 0 radical (unpaired) electrons. The lowest BCUT2D eigenvalue weighted by Gasteiger charge is -2.21. The lowest BCUT2D eigenvalue weighted by Crippen LogP contribution is -2.43. The Morgan fingerprint density at radius 2 is 1.89 bits per heavy atom. The first kappa shape index (κ1) is 21.5. The van der Waals surface area contributed by atoms with Crippen molar-refractivity contribution in [3.8, 4) is 0 Å². The zero-order chi connectivity index (χ0) is 20.2. The summed E-state index contributed by atoms with van der Waals surface area (Å²) < 4.78 is 68.2. The van der Waals surface area contributed by atoms with E-state index in [0.717, 1.165) is 6.07 Å². The van der Waals surface area contributed by atoms with E-state index in [4.69, 9.17) is 27.6 Å². The van der Waals surface area contributed by atoms with Gasteiger partial charge >= 0.3 is 6.18 Å². The minimum absolute atomic E-state index is 0.0304. The summed E-state index contributed by atoms with van der Waals surface area (Å²) in [6, 6.07) is 6.48. The molecule has 27 heavy (non-hydrogen) atoms. The normalized spacial score (nSPS) is 12.4. The summed E-state index contributed by atoms with van der Waals surface area (Å²) in [5.74, 6) is -0.926. The molecule has 1 heterocycles. The molecule has 1 N–H and O–H groups in total. The van der Waals surface area contributed by atoms with Crippen LogP contribution in [-0.2, 0) is 21.4 Å². The molecule has 0 atom stereocenters. The molecule has 0 aliphatic carbocycles. The third kappa shape index (κ3) is 6.13. The minimum Gasteiger partial charge on any atom is -0.468 e. The van der Waals surface area contributed by atoms with Gasteiger partial charge in [-0.2, -0.15) is 17.5 Å². The molecule has 6 nitrogen and oxygen atoms in total. The van der Waals surface area contributed by atoms with E-state index < -0.39 is 35.2 Å². The van der Waals surface area contributed by atoms with Crippen molar-refractivity contribution in [2.45, 2.75) is 17.6 Å². The average Bonchev–Trinajstić information content (AvgIpc) is 3.07. The van der Waals surface area contributed by atoms with Crippen LogP contribution < -0.4 is 5.32 Å². The Morgan fingerprint density at radius 3 is 2.44 bits per heavy atom. The van der Waals surface area contributed by atoms with Crippen LogP contribution in [0.2, 0.25) is 10.0 Å². The first-order chi connectivity index (χ1) is 12.5. The summed E-state index contributed by atoms with van der Waals surface area (Å²) in [6.07, 6.45) is -3.33. The van der Waals surface area contributed by atoms with Crippen LogP contribution in [0.15, 0.2) is 45.9 Å². The van der Waals surface area contributed by atoms with Gasteiger partial charge in [0.15, 0.2) is 0 Å². The molecule has 0 bridgehead atoms. The van der Waals surface area contributed by atoms with Crippen molar-refractivity contribution >= 4 is 39.1 Å². The van der Waals surface area contributed by atoms with Crippen molar-refractivity contribution in [2.75, 3.05) is 13.1 Å². The molecule has 2 rings (SSSR count). The van der Waals surface area contributed by atoms with Gasteiger partial charge in [0.1, 0.15) is 12.3 Å². The van der Waals surface area contributed by atoms with Crippen LogP contribution in [0.1, 0.15) is 5.76 Å². The SMILES string of the molecule is O=C(CN(Cc1ccco1)S(=O)(=O)c1ccc(Cl)c(Cl)c1)NCC(F)(F)F. The standard InChI is InChI=1S/C15H13Cl2F3N2O4S/c16-12-4-3-11(6-13(12)17)27(24,25)22(7-10-2-1-5-26-10)8-14(23)21-9-15(18,19)20/h1-6H,7-9H2,(H,21,23). The Balaban J connectivity index is 2.27. The number of benzene rings is 1. The number of carbonyl (C=O) groups is 1. The van der Waals surface area contributed by atoms with Crippen molar-refractivity contribution in [2.24, 2.45) is 0 Å². The van der Waals surface area contributed by atoms with E-state index in [1.165, 1.54) is 30.5 Å². The Hall–Kier alpha value is -1.75. The number of furan rings is 1. The maximum absolute atomic E-state index is 12.8. The third-order valence-corrected chi connectivity index (χ3v) is 5.77. The fourth-order valence-electron chi connectivity index (χ4n) is 2.00. The van der Waals surface area contributed by atoms with Crippen molar-refractivity contribution < 1.29 is 30.8 Å². The second-order valence-corrected chi connectivity index (χ2v) is 8.07. The van der Waals surface area contributed by atoms with Gasteiger partial charge in [-0.15, -0.1) is 0 Å². The number of hydrogen-bond acceptors (Lipinski definition) is 4. The number of nitrogens with one attached hydrogen (secondary N) is 1. The van der Waals surface area contributed by atoms with Crippen molar-refractivity contribution in [3.05, 3.63) is 52.4 Å². The highest BCUT2D eigenvalue weighted by Crippen LogP contribution is 2.27. The first-order valence-corrected chi connectivity index (χ1v) is 9.49. The van der Waals surface area contributed by atoms with E-state index in [1.54, 1.807) is 5.32 Å². The largest absolute Gasteiger partial charge is 0.468 e. The van der Waals surface area contributed by atoms with Crippen molar-refractivity contribution in [1.82, 2.24) is 9.62 Å². The molecule has 0 saturated heterocycles. The van der Waals surface area contributed by atoms with Crippen LogP contribution in [0.5, 0.6) is 0 Å². The number of amides is 1. The number of halogens is 5. The van der Waals surface area contributed by atoms with E-state index in [0.29, 0.717) is 4.31 Å². The molecule has 1 aromatic carbocycles. The lowest BCUT2D eigenvalue weighted by atomic mass is 10.4. The molecular weight excluding hydrogens is 432 g/mol. The summed E-state index contributed by atoms with van der Waals surface area (Å²) in [4.78, 5) is 11.6. The Morgan fingerprint density at radius 1 is 1.19 bits per heavy atom. The van der Waals surface area contributed by atoms with Crippen LogP contribution in [0.4, 0.5) is 13.2 Å². The van der Waals surface area contributed by atoms with Crippen LogP contribution in [0, 0.1) is 0 Å². The highest BCUT2D eigenvalue weighted by atomic mass is 35.5. The van der Waals surface area contributed by atoms with E-state index in [2.05, 4.69) is 0 Å². The quantitative estimate of drug-likeness (QED) is 0.708. The molecule has 0 saturated carbocycles. The summed E-state index contributed by atoms with van der Waals surface area (Å²) >= 11 is 11.6. The van der Waals surface area contributed by atoms with E-state index in [1.807, 2.05) is 0 Å². The van der Waals surface area contributed by atoms with Gasteiger partial charge < -0.3 is 9.73 Å². The van der Waals surface area contributed by atoms with Gasteiger partial charge in [-0.1, -0.05) is 23.2 Å². The van der Waals surface area contributed by atoms with Gasteiger partial charge in [-0.05, 0) is 30.3 Å². The van der Waals surface area contributed by atoms with Gasteiger partial charge in [-0.3, -0.25) is 4.79 Å². The summed E-state index contributed by atoms with van der Waals surface area (Å²) in [6.45, 7) is -2.79. The Kier molecular flexibility index (Phi) is 6.79. The zero-order valence-electron chi connectivity index (χ0n) is 13.5. The molecular formula is C15H13Cl2F3N2O4S. The van der Waals surface area contributed by atoms with Gasteiger partial charge in [0, 0.05) is 0 Å². The number of carbonyl (C=O) groups excluding carboxylic acids is 1. The predicted molar refractivity (Wildman–Crippen MR) is 91.8 cm³/mol. The Labute approximate surface area is 162 Å². The highest BCUT2D eigenvalue weighted by molar-refractivity contribution is 7.89. The monoisotopic (exact) mass is 444 g/mol. The topological polar surface area (TPSA) is 79.6 Å². The number of alkyl halides is 3. The molecule has 1 amide bonds. The maximum Gasteiger partial charge on any atom is 0.405 e. The van der Waals surface area contributed by atoms with Gasteiger partial charge in [0.2, 0.25) is 15.9 Å². The van der Waals surface area contributed by atoms with E-state index in [-0.39, 0.29) is 27.2 Å². The van der Waals surface area contributed by atoms with E-state index in [9.17, 15) is 26.4 Å². The third-order valence-electron chi connectivity index (χ3n) is 3.25. The first-order valence-electron chi connectivity index (χ1n) is 7.30. The molecule has 0 unspecified atom stereocenters. The molecule has 0 aliphatic heterocycles. The second kappa shape index (κ2) is 8.51. The van der Waals surface area contributed by atoms with Crippen LogP contribution in [0.3, 0.4) is 0 Å². The molecule has 0 fully saturated rings. The smallest absolute Gasteiger partial charge is 0.405 e. The molecule has 0 aliphatic rings. The number of rotatable bonds is 7. The number of nitrogens with zero attached hydrogens (tertiary/aromatic N) is 1. The average molecular weight is 445 g/mol. The van der Waals surface area contributed by atoms with E-state index >= 15 is 0 Å². The van der Waals surface area contributed by atoms with Crippen molar-refractivity contribution in [1.29, 1.82) is 0 Å². The molecule has 2 aromatic rings. The van der Waals surface area contributed by atoms with Gasteiger partial charge in [0.25, 0.3) is 0 Å². The fourth-order valence-corrected chi connectivity index (χ4v) is 3.76. The second-order valence-electron chi connectivity index (χ2n) is 5.32. The minimum atomic E-state index is -4.62. The number of sulfonamides is 1. The van der Waals surface area contributed by atoms with Crippen LogP contribution >= 0.6 is 23.2 Å². The fraction of sp³-hybridized carbons (Fsp3) is 0.267. The predicted octanol–water partition coefficient (Wildman–Crippen LogP) is 3.46. The molecule has 148 valence electrons. The molecule has 0 spiro atoms. The van der Waals surface area contributed by atoms with Gasteiger partial charge in [-0.25, -0.2) is 8.42 Å². The summed E-state index contributed by atoms with van der Waals surface area (Å²) in [5, 5.41) is 1.72. The molecule has 12 heteroatoms. The van der Waals surface area contributed by atoms with Crippen LogP contribution in [0.25, 0.3) is 0 Å². The Bertz CT molecular complexity index is 902. The zero-order valence-corrected chi connectivity index (χ0v) is 15.8. The van der Waals surface area contributed by atoms with Crippen LogP contribution in [-0.4, -0.2) is 37.9 Å². The number of hydrogen-bond donors (Lipinski definition) is 1. The van der Waals surface area contributed by atoms with Gasteiger partial charge in [0.05, 0.1) is 34.3 Å². The molecule has 1 aromatic heterocycles. The highest BCUT2D eigenvalue weighted by Gasteiger charge is 2.31.